The first-order valence-electron chi connectivity index (χ1n) is 9.53. The normalized spacial score (nSPS) is 10.7. The number of rotatable bonds is 8. The van der Waals surface area contributed by atoms with E-state index in [-0.39, 0.29) is 29.6 Å². The maximum absolute atomic E-state index is 12.1. The van der Waals surface area contributed by atoms with E-state index in [1.165, 1.54) is 18.2 Å². The standard InChI is InChI=1S/C21H21Cl2N5O3/c1-13-27-17-4-2-3-5-18(17)28(13)9-8-24-19(29)11-25-20(30)12-26-21(31)15-7-6-14(22)10-16(15)23/h2-7,10H,8-9,11-12H2,1H3,(H,24,29)(H,25,30)(H,26,31). The number of hydrogen-bond donors (Lipinski definition) is 3. The molecule has 8 nitrogen and oxygen atoms in total. The third-order valence-electron chi connectivity index (χ3n) is 4.53. The molecule has 0 fully saturated rings. The molecule has 3 N–H and O–H groups in total. The molecule has 0 bridgehead atoms. The van der Waals surface area contributed by atoms with E-state index in [4.69, 9.17) is 23.2 Å². The highest BCUT2D eigenvalue weighted by molar-refractivity contribution is 6.36. The van der Waals surface area contributed by atoms with Crippen LogP contribution in [0.15, 0.2) is 42.5 Å². The minimum absolute atomic E-state index is 0.186. The molecule has 1 aromatic heterocycles. The number of nitrogens with zero attached hydrogens (tertiary/aromatic N) is 2. The SMILES string of the molecule is Cc1nc2ccccc2n1CCNC(=O)CNC(=O)CNC(=O)c1ccc(Cl)cc1Cl. The van der Waals surface area contributed by atoms with Gasteiger partial charge in [0.05, 0.1) is 34.7 Å². The molecule has 3 amide bonds. The van der Waals surface area contributed by atoms with Crippen LogP contribution < -0.4 is 16.0 Å². The number of imidazole rings is 1. The highest BCUT2D eigenvalue weighted by Crippen LogP contribution is 2.20. The van der Waals surface area contributed by atoms with Crippen molar-refractivity contribution in [3.05, 3.63) is 63.9 Å². The summed E-state index contributed by atoms with van der Waals surface area (Å²) in [4.78, 5) is 40.5. The van der Waals surface area contributed by atoms with Crippen LogP contribution in [0.1, 0.15) is 16.2 Å². The predicted octanol–water partition coefficient (Wildman–Crippen LogP) is 2.31. The number of carbonyl (C=O) groups is 3. The van der Waals surface area contributed by atoms with Gasteiger partial charge in [-0.25, -0.2) is 4.98 Å². The lowest BCUT2D eigenvalue weighted by atomic mass is 10.2. The number of aryl methyl sites for hydroxylation is 1. The number of hydrogen-bond acceptors (Lipinski definition) is 4. The summed E-state index contributed by atoms with van der Waals surface area (Å²) in [5.41, 5.74) is 2.11. The topological polar surface area (TPSA) is 105 Å². The van der Waals surface area contributed by atoms with Crippen molar-refractivity contribution in [3.8, 4) is 0 Å². The number of nitrogens with one attached hydrogen (secondary N) is 3. The fraction of sp³-hybridized carbons (Fsp3) is 0.238. The quantitative estimate of drug-likeness (QED) is 0.478. The van der Waals surface area contributed by atoms with Gasteiger partial charge < -0.3 is 20.5 Å². The van der Waals surface area contributed by atoms with E-state index in [1.54, 1.807) is 0 Å². The van der Waals surface area contributed by atoms with Crippen LogP contribution in [-0.2, 0) is 16.1 Å². The van der Waals surface area contributed by atoms with E-state index in [2.05, 4.69) is 20.9 Å². The van der Waals surface area contributed by atoms with E-state index in [0.29, 0.717) is 18.1 Å². The van der Waals surface area contributed by atoms with E-state index >= 15 is 0 Å². The molecule has 10 heteroatoms. The zero-order valence-electron chi connectivity index (χ0n) is 16.7. The number of halogens is 2. The molecule has 31 heavy (non-hydrogen) atoms. The van der Waals surface area contributed by atoms with Crippen LogP contribution in [0, 0.1) is 6.92 Å². The summed E-state index contributed by atoms with van der Waals surface area (Å²) in [6.07, 6.45) is 0. The summed E-state index contributed by atoms with van der Waals surface area (Å²) in [7, 11) is 0. The van der Waals surface area contributed by atoms with Crippen LogP contribution >= 0.6 is 23.2 Å². The van der Waals surface area contributed by atoms with Crippen molar-refractivity contribution in [2.24, 2.45) is 0 Å². The maximum atomic E-state index is 12.1. The lowest BCUT2D eigenvalue weighted by Gasteiger charge is -2.10. The van der Waals surface area contributed by atoms with Gasteiger partial charge in [0.2, 0.25) is 11.8 Å². The Labute approximate surface area is 188 Å². The van der Waals surface area contributed by atoms with Crippen molar-refractivity contribution in [2.75, 3.05) is 19.6 Å². The lowest BCUT2D eigenvalue weighted by molar-refractivity contribution is -0.125. The Kier molecular flexibility index (Phi) is 7.49. The highest BCUT2D eigenvalue weighted by atomic mass is 35.5. The smallest absolute Gasteiger partial charge is 0.253 e. The molecule has 0 saturated carbocycles. The average molecular weight is 462 g/mol. The van der Waals surface area contributed by atoms with Crippen LogP contribution in [0.3, 0.4) is 0 Å². The van der Waals surface area contributed by atoms with Crippen LogP contribution in [0.2, 0.25) is 10.0 Å². The van der Waals surface area contributed by atoms with Crippen molar-refractivity contribution in [2.45, 2.75) is 13.5 Å². The summed E-state index contributed by atoms with van der Waals surface area (Å²) in [5.74, 6) is -0.475. The lowest BCUT2D eigenvalue weighted by Crippen LogP contribution is -2.42. The van der Waals surface area contributed by atoms with Crippen molar-refractivity contribution in [1.29, 1.82) is 0 Å². The molecule has 0 aliphatic carbocycles. The monoisotopic (exact) mass is 461 g/mol. The molecule has 1 heterocycles. The van der Waals surface area contributed by atoms with Gasteiger partial charge in [-0.1, -0.05) is 35.3 Å². The van der Waals surface area contributed by atoms with Gasteiger partial charge in [0.25, 0.3) is 5.91 Å². The van der Waals surface area contributed by atoms with Crippen LogP contribution in [0.5, 0.6) is 0 Å². The summed E-state index contributed by atoms with van der Waals surface area (Å²) < 4.78 is 2.02. The third-order valence-corrected chi connectivity index (χ3v) is 5.08. The number of carbonyl (C=O) groups excluding carboxylic acids is 3. The number of amides is 3. The Morgan fingerprint density at radius 1 is 0.968 bits per heavy atom. The minimum atomic E-state index is -0.510. The van der Waals surface area contributed by atoms with Crippen molar-refractivity contribution in [3.63, 3.8) is 0 Å². The Morgan fingerprint density at radius 2 is 1.68 bits per heavy atom. The van der Waals surface area contributed by atoms with Crippen molar-refractivity contribution in [1.82, 2.24) is 25.5 Å². The molecule has 0 spiro atoms. The van der Waals surface area contributed by atoms with Gasteiger partial charge in [-0.3, -0.25) is 14.4 Å². The van der Waals surface area contributed by atoms with Gasteiger partial charge in [0.1, 0.15) is 5.82 Å². The van der Waals surface area contributed by atoms with Gasteiger partial charge in [-0.15, -0.1) is 0 Å². The summed E-state index contributed by atoms with van der Waals surface area (Å²) in [6.45, 7) is 2.38. The predicted molar refractivity (Wildman–Crippen MR) is 119 cm³/mol. The number of fused-ring (bicyclic) bond motifs is 1. The van der Waals surface area contributed by atoms with Crippen molar-refractivity contribution < 1.29 is 14.4 Å². The molecule has 0 unspecified atom stereocenters. The molecule has 0 saturated heterocycles. The minimum Gasteiger partial charge on any atom is -0.353 e. The van der Waals surface area contributed by atoms with Crippen LogP contribution in [-0.4, -0.2) is 46.9 Å². The number of benzene rings is 2. The van der Waals surface area contributed by atoms with Gasteiger partial charge in [0, 0.05) is 18.1 Å². The highest BCUT2D eigenvalue weighted by Gasteiger charge is 2.13. The van der Waals surface area contributed by atoms with Crippen LogP contribution in [0.25, 0.3) is 11.0 Å². The molecule has 162 valence electrons. The fourth-order valence-corrected chi connectivity index (χ4v) is 3.51. The zero-order valence-corrected chi connectivity index (χ0v) is 18.3. The first-order chi connectivity index (χ1) is 14.8. The Morgan fingerprint density at radius 3 is 2.45 bits per heavy atom. The van der Waals surface area contributed by atoms with E-state index in [9.17, 15) is 14.4 Å². The molecule has 0 aliphatic heterocycles. The van der Waals surface area contributed by atoms with E-state index in [1.807, 2.05) is 35.8 Å². The zero-order chi connectivity index (χ0) is 22.4. The summed E-state index contributed by atoms with van der Waals surface area (Å²) >= 11 is 11.8. The second-order valence-electron chi connectivity index (χ2n) is 6.73. The van der Waals surface area contributed by atoms with Crippen LogP contribution in [0.4, 0.5) is 0 Å². The Bertz CT molecular complexity index is 1130. The number of para-hydroxylation sites is 2. The number of aromatic nitrogens is 2. The molecular formula is C21H21Cl2N5O3. The molecule has 2 aromatic carbocycles. The first-order valence-corrected chi connectivity index (χ1v) is 10.3. The van der Waals surface area contributed by atoms with Gasteiger partial charge in [0.15, 0.2) is 0 Å². The van der Waals surface area contributed by atoms with Gasteiger partial charge in [-0.05, 0) is 37.3 Å². The maximum Gasteiger partial charge on any atom is 0.253 e. The van der Waals surface area contributed by atoms with Crippen molar-refractivity contribution >= 4 is 52.0 Å². The molecule has 3 rings (SSSR count). The molecular weight excluding hydrogens is 441 g/mol. The Balaban J connectivity index is 1.38. The summed E-state index contributed by atoms with van der Waals surface area (Å²) in [6, 6.07) is 12.2. The summed E-state index contributed by atoms with van der Waals surface area (Å²) in [5, 5.41) is 8.25. The van der Waals surface area contributed by atoms with Gasteiger partial charge >= 0.3 is 0 Å². The van der Waals surface area contributed by atoms with E-state index in [0.717, 1.165) is 16.9 Å². The van der Waals surface area contributed by atoms with E-state index < -0.39 is 11.8 Å². The third kappa shape index (κ3) is 5.96. The molecule has 3 aromatic rings. The molecule has 0 radical (unpaired) electrons. The second kappa shape index (κ2) is 10.3. The first kappa shape index (κ1) is 22.6. The Hall–Kier alpha value is -3.10. The molecule has 0 aliphatic rings. The fourth-order valence-electron chi connectivity index (χ4n) is 3.02. The average Bonchev–Trinajstić information content (AvgIpc) is 3.05. The largest absolute Gasteiger partial charge is 0.353 e. The van der Waals surface area contributed by atoms with Gasteiger partial charge in [-0.2, -0.15) is 0 Å². The second-order valence-corrected chi connectivity index (χ2v) is 7.58. The molecule has 0 atom stereocenters.